The fourth-order valence-electron chi connectivity index (χ4n) is 20.5. The Labute approximate surface area is 542 Å². The van der Waals surface area contributed by atoms with Crippen LogP contribution in [-0.2, 0) is 21.7 Å². The molecule has 0 saturated heterocycles. The molecule has 12 atom stereocenters. The van der Waals surface area contributed by atoms with Gasteiger partial charge in [-0.2, -0.15) is 0 Å². The van der Waals surface area contributed by atoms with Crippen molar-refractivity contribution in [2.45, 2.75) is 231 Å². The largest absolute Gasteiger partial charge is 0.309 e. The fourth-order valence-corrected chi connectivity index (χ4v) is 20.5. The number of nitrogens with zero attached hydrogens (tertiary/aromatic N) is 2. The van der Waals surface area contributed by atoms with Crippen LogP contribution in [-0.4, -0.2) is 0 Å². The summed E-state index contributed by atoms with van der Waals surface area (Å²) in [6, 6.07) is 60.9. The van der Waals surface area contributed by atoms with Crippen LogP contribution in [0.1, 0.15) is 254 Å². The van der Waals surface area contributed by atoms with Crippen molar-refractivity contribution in [3.05, 3.63) is 190 Å². The molecular formula is C88H104N2. The molecule has 90 heavy (non-hydrogen) atoms. The highest BCUT2D eigenvalue weighted by Gasteiger charge is 2.46. The summed E-state index contributed by atoms with van der Waals surface area (Å²) in [6.45, 7) is 29.2. The van der Waals surface area contributed by atoms with Crippen LogP contribution >= 0.6 is 0 Å². The summed E-state index contributed by atoms with van der Waals surface area (Å²) in [7, 11) is 0. The van der Waals surface area contributed by atoms with Crippen molar-refractivity contribution in [3.8, 4) is 11.1 Å². The molecule has 8 aromatic carbocycles. The van der Waals surface area contributed by atoms with E-state index in [9.17, 15) is 0 Å². The van der Waals surface area contributed by atoms with Gasteiger partial charge in [0.25, 0.3) is 0 Å². The smallest absolute Gasteiger partial charge is 0.0620 e. The molecule has 8 aromatic rings. The molecule has 8 fully saturated rings. The first-order chi connectivity index (χ1) is 43.0. The van der Waals surface area contributed by atoms with Gasteiger partial charge in [0, 0.05) is 44.3 Å². The van der Waals surface area contributed by atoms with Crippen LogP contribution in [0.15, 0.2) is 146 Å². The molecule has 0 radical (unpaired) electrons. The van der Waals surface area contributed by atoms with Gasteiger partial charge in [-0.3, -0.25) is 0 Å². The molecule has 8 bridgehead atoms. The minimum atomic E-state index is -0.0766. The predicted molar refractivity (Wildman–Crippen MR) is 384 cm³/mol. The number of anilines is 6. The van der Waals surface area contributed by atoms with Crippen LogP contribution in [0.3, 0.4) is 0 Å². The molecule has 8 saturated carbocycles. The lowest BCUT2D eigenvalue weighted by Crippen LogP contribution is -2.21. The van der Waals surface area contributed by atoms with Crippen molar-refractivity contribution in [1.29, 1.82) is 0 Å². The Morgan fingerprint density at radius 2 is 0.578 bits per heavy atom. The molecule has 12 unspecified atom stereocenters. The van der Waals surface area contributed by atoms with Gasteiger partial charge in [0.05, 0.1) is 11.4 Å². The van der Waals surface area contributed by atoms with Crippen molar-refractivity contribution < 1.29 is 0 Å². The second-order valence-corrected chi connectivity index (χ2v) is 35.4. The first kappa shape index (κ1) is 58.9. The number of benzene rings is 8. The van der Waals surface area contributed by atoms with Gasteiger partial charge < -0.3 is 9.80 Å². The topological polar surface area (TPSA) is 6.48 Å². The molecule has 0 heterocycles. The molecule has 16 rings (SSSR count). The Hall–Kier alpha value is -6.12. The third-order valence-corrected chi connectivity index (χ3v) is 25.4. The summed E-state index contributed by atoms with van der Waals surface area (Å²) in [6.07, 6.45) is 22.2. The van der Waals surface area contributed by atoms with Crippen molar-refractivity contribution in [3.63, 3.8) is 0 Å². The van der Waals surface area contributed by atoms with E-state index in [0.717, 1.165) is 47.3 Å². The molecule has 2 heteroatoms. The highest BCUT2D eigenvalue weighted by Crippen LogP contribution is 2.61. The zero-order valence-electron chi connectivity index (χ0n) is 57.0. The van der Waals surface area contributed by atoms with Crippen molar-refractivity contribution in [2.75, 3.05) is 9.80 Å². The van der Waals surface area contributed by atoms with Gasteiger partial charge >= 0.3 is 0 Å². The van der Waals surface area contributed by atoms with Gasteiger partial charge in [0.2, 0.25) is 0 Å². The van der Waals surface area contributed by atoms with Crippen LogP contribution in [0.4, 0.5) is 34.1 Å². The van der Waals surface area contributed by atoms with Crippen molar-refractivity contribution in [1.82, 2.24) is 0 Å². The predicted octanol–water partition coefficient (Wildman–Crippen LogP) is 25.4. The van der Waals surface area contributed by atoms with E-state index in [1.165, 1.54) is 192 Å². The SMILES string of the molecule is CC(C)(C)c1cc(N(c2cc(C3CC4CCC3C4)cc(C3CC4CCC3C4)c2)c2c3ccccc3c(N(c3cc(C4CC5CCC4C5)cc(C4CC5CCC4C5)c3)c3cc(C(C)(C)C)cc(C(C)(C)C)c3)c3cc(-c4ccccc4)ccc23)cc(C(C)(C)C)c1. The number of fused-ring (bicyclic) bond motifs is 10. The van der Waals surface area contributed by atoms with E-state index in [1.807, 2.05) is 0 Å². The monoisotopic (exact) mass is 1190 g/mol. The normalized spacial score (nSPS) is 27.7. The molecule has 8 aliphatic carbocycles. The Bertz CT molecular complexity index is 3920. The maximum Gasteiger partial charge on any atom is 0.0620 e. The Morgan fingerprint density at radius 1 is 0.267 bits per heavy atom. The molecule has 8 aliphatic rings. The molecule has 0 amide bonds. The van der Waals surface area contributed by atoms with Crippen LogP contribution in [0.5, 0.6) is 0 Å². The van der Waals surface area contributed by atoms with Crippen molar-refractivity contribution >= 4 is 55.7 Å². The Kier molecular flexibility index (Phi) is 14.2. The maximum atomic E-state index is 2.85. The second-order valence-electron chi connectivity index (χ2n) is 35.4. The summed E-state index contributed by atoms with van der Waals surface area (Å²) in [5.74, 6) is 9.07. The number of rotatable bonds is 11. The summed E-state index contributed by atoms with van der Waals surface area (Å²) in [5.41, 5.74) is 22.1. The van der Waals surface area contributed by atoms with Gasteiger partial charge in [-0.05, 0) is 280 Å². The summed E-state index contributed by atoms with van der Waals surface area (Å²) < 4.78 is 0. The fraction of sp³-hybridized carbons (Fsp3) is 0.500. The average Bonchev–Trinajstić information content (AvgIpc) is 1.06. The molecule has 0 aromatic heterocycles. The summed E-state index contributed by atoms with van der Waals surface area (Å²) in [4.78, 5) is 5.70. The zero-order chi connectivity index (χ0) is 61.9. The van der Waals surface area contributed by atoms with Gasteiger partial charge in [-0.1, -0.05) is 200 Å². The molecular weight excluding hydrogens is 1080 g/mol. The first-order valence-corrected chi connectivity index (χ1v) is 36.3. The lowest BCUT2D eigenvalue weighted by molar-refractivity contribution is 0.412. The van der Waals surface area contributed by atoms with E-state index in [0.29, 0.717) is 23.7 Å². The van der Waals surface area contributed by atoms with Gasteiger partial charge in [0.1, 0.15) is 0 Å². The minimum absolute atomic E-state index is 0.0725. The zero-order valence-corrected chi connectivity index (χ0v) is 57.0. The van der Waals surface area contributed by atoms with Crippen molar-refractivity contribution in [2.24, 2.45) is 47.3 Å². The molecule has 0 N–H and O–H groups in total. The van der Waals surface area contributed by atoms with Crippen LogP contribution in [0.2, 0.25) is 0 Å². The third kappa shape index (κ3) is 10.5. The standard InChI is InChI=1S/C88H104N2/c1-85(2,3)67-47-68(86(4,5)6)50-73(49-67)89(71-42-63(78-36-53-22-26-59(78)32-53)40-64(43-71)79-37-54-23-27-60(79)33-54)83-75-20-16-17-21-76(75)84(82-46-58(30-31-77(82)83)57-18-14-13-15-19-57)90(74-51-69(87(7,8)9)48-70(52-74)88(10,11)12)72-44-65(80-38-55-24-28-61(80)34-55)41-66(45-72)81-39-56-25-29-62(81)35-56/h13-21,30-31,40-56,59-62,78-81H,22-29,32-39H2,1-12H3. The van der Waals surface area contributed by atoms with E-state index < -0.39 is 0 Å². The molecule has 0 spiro atoms. The Balaban J connectivity index is 1.03. The van der Waals surface area contributed by atoms with E-state index >= 15 is 0 Å². The average molecular weight is 1190 g/mol. The third-order valence-electron chi connectivity index (χ3n) is 25.4. The first-order valence-electron chi connectivity index (χ1n) is 36.3. The minimum Gasteiger partial charge on any atom is -0.309 e. The summed E-state index contributed by atoms with van der Waals surface area (Å²) in [5, 5.41) is 5.23. The lowest BCUT2D eigenvalue weighted by atomic mass is 9.78. The van der Waals surface area contributed by atoms with Gasteiger partial charge in [0.15, 0.2) is 0 Å². The highest BCUT2D eigenvalue weighted by atomic mass is 15.2. The van der Waals surface area contributed by atoms with Gasteiger partial charge in [-0.15, -0.1) is 0 Å². The lowest BCUT2D eigenvalue weighted by Gasteiger charge is -2.37. The van der Waals surface area contributed by atoms with Crippen LogP contribution in [0, 0.1) is 47.3 Å². The highest BCUT2D eigenvalue weighted by molar-refractivity contribution is 6.24. The van der Waals surface area contributed by atoms with E-state index in [4.69, 9.17) is 0 Å². The van der Waals surface area contributed by atoms with Gasteiger partial charge in [-0.25, -0.2) is 0 Å². The van der Waals surface area contributed by atoms with Crippen LogP contribution < -0.4 is 9.80 Å². The second kappa shape index (κ2) is 21.7. The molecule has 2 nitrogen and oxygen atoms in total. The summed E-state index contributed by atoms with van der Waals surface area (Å²) >= 11 is 0. The molecule has 0 aliphatic heterocycles. The quantitative estimate of drug-likeness (QED) is 0.0941. The number of hydrogen-bond acceptors (Lipinski definition) is 2. The Morgan fingerprint density at radius 3 is 0.889 bits per heavy atom. The van der Waals surface area contributed by atoms with E-state index in [-0.39, 0.29) is 21.7 Å². The van der Waals surface area contributed by atoms with Crippen LogP contribution in [0.25, 0.3) is 32.7 Å². The molecule has 466 valence electrons. The van der Waals surface area contributed by atoms with E-state index in [1.54, 1.807) is 22.3 Å². The number of hydrogen-bond donors (Lipinski definition) is 0. The van der Waals surface area contributed by atoms with E-state index in [2.05, 4.69) is 238 Å². The maximum absolute atomic E-state index is 2.85.